The standard InChI is InChI=1S/C19H17ClN2O3S/c1-19(7-8-19)13-6-4-11-16(25)10-3-5-12(20)17(26-2)15(10)22(9-14(23)24)18(11)21-13/h3-6H,7-9H2,1-2H3,(H,23,24). The van der Waals surface area contributed by atoms with Gasteiger partial charge in [-0.2, -0.15) is 0 Å². The summed E-state index contributed by atoms with van der Waals surface area (Å²) in [7, 11) is 0. The van der Waals surface area contributed by atoms with Crippen molar-refractivity contribution >= 4 is 51.3 Å². The third kappa shape index (κ3) is 2.59. The van der Waals surface area contributed by atoms with Gasteiger partial charge in [0, 0.05) is 16.5 Å². The molecule has 134 valence electrons. The molecule has 3 aromatic rings. The molecule has 26 heavy (non-hydrogen) atoms. The number of carbonyl (C=O) groups is 1. The fourth-order valence-corrected chi connectivity index (χ4v) is 4.40. The van der Waals surface area contributed by atoms with Gasteiger partial charge in [0.15, 0.2) is 5.43 Å². The number of nitrogens with zero attached hydrogens (tertiary/aromatic N) is 2. The van der Waals surface area contributed by atoms with Gasteiger partial charge < -0.3 is 9.67 Å². The van der Waals surface area contributed by atoms with Crippen LogP contribution in [0.1, 0.15) is 25.5 Å². The van der Waals surface area contributed by atoms with Crippen molar-refractivity contribution in [2.75, 3.05) is 6.26 Å². The number of pyridine rings is 2. The zero-order valence-electron chi connectivity index (χ0n) is 14.4. The summed E-state index contributed by atoms with van der Waals surface area (Å²) in [5.74, 6) is -0.992. The van der Waals surface area contributed by atoms with Gasteiger partial charge in [-0.1, -0.05) is 18.5 Å². The molecule has 1 fully saturated rings. The third-order valence-corrected chi connectivity index (χ3v) is 6.34. The summed E-state index contributed by atoms with van der Waals surface area (Å²) in [6, 6.07) is 7.00. The van der Waals surface area contributed by atoms with Gasteiger partial charge in [-0.3, -0.25) is 9.59 Å². The number of benzene rings is 1. The second kappa shape index (κ2) is 5.99. The molecule has 0 unspecified atom stereocenters. The van der Waals surface area contributed by atoms with E-state index in [1.54, 1.807) is 22.8 Å². The molecule has 1 saturated carbocycles. The van der Waals surface area contributed by atoms with Crippen molar-refractivity contribution in [3.05, 3.63) is 45.2 Å². The molecule has 0 saturated heterocycles. The van der Waals surface area contributed by atoms with E-state index in [0.717, 1.165) is 18.5 Å². The van der Waals surface area contributed by atoms with E-state index >= 15 is 0 Å². The van der Waals surface area contributed by atoms with Crippen LogP contribution in [0.2, 0.25) is 5.02 Å². The van der Waals surface area contributed by atoms with Gasteiger partial charge in [-0.15, -0.1) is 11.8 Å². The molecule has 4 rings (SSSR count). The Hall–Kier alpha value is -2.05. The van der Waals surface area contributed by atoms with Crippen molar-refractivity contribution < 1.29 is 9.90 Å². The summed E-state index contributed by atoms with van der Waals surface area (Å²) in [6.45, 7) is 1.85. The topological polar surface area (TPSA) is 72.2 Å². The summed E-state index contributed by atoms with van der Waals surface area (Å²) < 4.78 is 1.61. The average molecular weight is 389 g/mol. The van der Waals surface area contributed by atoms with Gasteiger partial charge >= 0.3 is 5.97 Å². The number of thioether (sulfide) groups is 1. The highest BCUT2D eigenvalue weighted by atomic mass is 35.5. The zero-order valence-corrected chi connectivity index (χ0v) is 15.9. The number of hydrogen-bond acceptors (Lipinski definition) is 4. The summed E-state index contributed by atoms with van der Waals surface area (Å²) in [6.07, 6.45) is 3.95. The quantitative estimate of drug-likeness (QED) is 0.539. The molecular weight excluding hydrogens is 372 g/mol. The van der Waals surface area contributed by atoms with Crippen molar-refractivity contribution in [2.45, 2.75) is 36.6 Å². The molecule has 2 aromatic heterocycles. The second-order valence-electron chi connectivity index (χ2n) is 6.91. The number of fused-ring (bicyclic) bond motifs is 2. The van der Waals surface area contributed by atoms with Crippen LogP contribution in [0.3, 0.4) is 0 Å². The van der Waals surface area contributed by atoms with E-state index in [0.29, 0.717) is 31.9 Å². The minimum atomic E-state index is -0.992. The molecule has 7 heteroatoms. The Morgan fingerprint density at radius 1 is 1.31 bits per heavy atom. The number of aromatic nitrogens is 2. The Morgan fingerprint density at radius 3 is 2.62 bits per heavy atom. The number of rotatable bonds is 4. The summed E-state index contributed by atoms with van der Waals surface area (Å²) in [5, 5.41) is 10.8. The highest BCUT2D eigenvalue weighted by molar-refractivity contribution is 7.99. The molecule has 5 nitrogen and oxygen atoms in total. The predicted octanol–water partition coefficient (Wildman–Crippen LogP) is 4.06. The lowest BCUT2D eigenvalue weighted by Gasteiger charge is -2.17. The van der Waals surface area contributed by atoms with Crippen molar-refractivity contribution in [3.8, 4) is 0 Å². The Bertz CT molecular complexity index is 1140. The molecule has 0 spiro atoms. The summed E-state index contributed by atoms with van der Waals surface area (Å²) in [4.78, 5) is 30.0. The summed E-state index contributed by atoms with van der Waals surface area (Å²) >= 11 is 7.72. The normalized spacial score (nSPS) is 15.5. The van der Waals surface area contributed by atoms with Crippen molar-refractivity contribution in [1.82, 2.24) is 9.55 Å². The highest BCUT2D eigenvalue weighted by Gasteiger charge is 2.40. The van der Waals surface area contributed by atoms with E-state index in [4.69, 9.17) is 16.6 Å². The van der Waals surface area contributed by atoms with Gasteiger partial charge in [0.2, 0.25) is 0 Å². The van der Waals surface area contributed by atoms with Crippen LogP contribution in [-0.4, -0.2) is 26.9 Å². The Kier molecular flexibility index (Phi) is 4.00. The first-order valence-electron chi connectivity index (χ1n) is 8.28. The van der Waals surface area contributed by atoms with E-state index in [2.05, 4.69) is 6.92 Å². The lowest BCUT2D eigenvalue weighted by molar-refractivity contribution is -0.137. The van der Waals surface area contributed by atoms with Crippen molar-refractivity contribution in [3.63, 3.8) is 0 Å². The Morgan fingerprint density at radius 2 is 2.00 bits per heavy atom. The number of halogens is 1. The minimum Gasteiger partial charge on any atom is -0.480 e. The molecule has 0 atom stereocenters. The average Bonchev–Trinajstić information content (AvgIpc) is 3.36. The molecule has 1 N–H and O–H groups in total. The number of carboxylic acids is 1. The lowest BCUT2D eigenvalue weighted by atomic mass is 10.0. The number of aliphatic carboxylic acids is 1. The molecule has 0 aliphatic heterocycles. The largest absolute Gasteiger partial charge is 0.480 e. The maximum atomic E-state index is 13.0. The predicted molar refractivity (Wildman–Crippen MR) is 105 cm³/mol. The fraction of sp³-hybridized carbons (Fsp3) is 0.316. The van der Waals surface area contributed by atoms with Gasteiger partial charge in [0.05, 0.1) is 20.8 Å². The Labute approximate surface area is 159 Å². The van der Waals surface area contributed by atoms with Crippen LogP contribution in [0.5, 0.6) is 0 Å². The van der Waals surface area contributed by atoms with Gasteiger partial charge in [0.1, 0.15) is 12.2 Å². The van der Waals surface area contributed by atoms with E-state index in [-0.39, 0.29) is 17.4 Å². The smallest absolute Gasteiger partial charge is 0.323 e. The first kappa shape index (κ1) is 17.4. The van der Waals surface area contributed by atoms with Gasteiger partial charge in [-0.25, -0.2) is 4.98 Å². The second-order valence-corrected chi connectivity index (χ2v) is 8.14. The molecule has 0 bridgehead atoms. The molecular formula is C19H17ClN2O3S. The first-order valence-corrected chi connectivity index (χ1v) is 9.88. The van der Waals surface area contributed by atoms with Crippen LogP contribution in [0.15, 0.2) is 34.0 Å². The lowest BCUT2D eigenvalue weighted by Crippen LogP contribution is -2.19. The van der Waals surface area contributed by atoms with Crippen LogP contribution < -0.4 is 5.43 Å². The third-order valence-electron chi connectivity index (χ3n) is 5.09. The first-order chi connectivity index (χ1) is 12.4. The monoisotopic (exact) mass is 388 g/mol. The van der Waals surface area contributed by atoms with Crippen molar-refractivity contribution in [1.29, 1.82) is 0 Å². The number of carboxylic acid groups (broad SMARTS) is 1. The van der Waals surface area contributed by atoms with Crippen LogP contribution in [0.25, 0.3) is 21.9 Å². The van der Waals surface area contributed by atoms with Crippen LogP contribution in [-0.2, 0) is 16.8 Å². The molecule has 2 heterocycles. The molecule has 1 aliphatic rings. The van der Waals surface area contributed by atoms with Gasteiger partial charge in [0.25, 0.3) is 0 Å². The minimum absolute atomic E-state index is 0.0178. The molecule has 1 aromatic carbocycles. The van der Waals surface area contributed by atoms with Crippen molar-refractivity contribution in [2.24, 2.45) is 0 Å². The highest BCUT2D eigenvalue weighted by Crippen LogP contribution is 2.47. The van der Waals surface area contributed by atoms with E-state index in [1.165, 1.54) is 11.8 Å². The van der Waals surface area contributed by atoms with E-state index in [9.17, 15) is 14.7 Å². The van der Waals surface area contributed by atoms with Crippen LogP contribution >= 0.6 is 23.4 Å². The summed E-state index contributed by atoms with van der Waals surface area (Å²) in [5.41, 5.74) is 1.71. The van der Waals surface area contributed by atoms with Gasteiger partial charge in [-0.05, 0) is 43.4 Å². The Balaban J connectivity index is 2.20. The maximum Gasteiger partial charge on any atom is 0.323 e. The zero-order chi connectivity index (χ0) is 18.6. The van der Waals surface area contributed by atoms with Crippen LogP contribution in [0, 0.1) is 0 Å². The molecule has 1 aliphatic carbocycles. The molecule has 0 amide bonds. The van der Waals surface area contributed by atoms with E-state index in [1.807, 2.05) is 12.3 Å². The molecule has 0 radical (unpaired) electrons. The fourth-order valence-electron chi connectivity index (χ4n) is 3.34. The number of hydrogen-bond donors (Lipinski definition) is 1. The SMILES string of the molecule is CSc1c(Cl)ccc2c(=O)c3ccc(C4(C)CC4)nc3n(CC(=O)O)c12. The van der Waals surface area contributed by atoms with E-state index < -0.39 is 5.97 Å². The maximum absolute atomic E-state index is 13.0. The van der Waals surface area contributed by atoms with Crippen LogP contribution in [0.4, 0.5) is 0 Å².